The van der Waals surface area contributed by atoms with Crippen molar-refractivity contribution in [1.82, 2.24) is 15.3 Å². The fourth-order valence-electron chi connectivity index (χ4n) is 2.25. The first-order valence-electron chi connectivity index (χ1n) is 8.20. The topological polar surface area (TPSA) is 84.0 Å². The highest BCUT2D eigenvalue weighted by atomic mass is 32.1. The Kier molecular flexibility index (Phi) is 6.10. The zero-order valence-corrected chi connectivity index (χ0v) is 16.5. The molecule has 0 bridgehead atoms. The highest BCUT2D eigenvalue weighted by Gasteiger charge is 2.07. The molecule has 0 unspecified atom stereocenters. The van der Waals surface area contributed by atoms with E-state index in [2.05, 4.69) is 20.6 Å². The van der Waals surface area contributed by atoms with Crippen molar-refractivity contribution in [3.63, 3.8) is 0 Å². The molecule has 0 saturated heterocycles. The summed E-state index contributed by atoms with van der Waals surface area (Å²) in [6, 6.07) is 7.79. The minimum atomic E-state index is -0.243. The Bertz CT molecular complexity index is 974. The minimum absolute atomic E-state index is 0.0575. The van der Waals surface area contributed by atoms with Crippen molar-refractivity contribution in [2.75, 3.05) is 5.32 Å². The van der Waals surface area contributed by atoms with Gasteiger partial charge in [-0.1, -0.05) is 24.3 Å². The molecule has 6 nitrogen and oxygen atoms in total. The summed E-state index contributed by atoms with van der Waals surface area (Å²) >= 11 is 2.91. The van der Waals surface area contributed by atoms with Crippen molar-refractivity contribution in [3.05, 3.63) is 57.4 Å². The van der Waals surface area contributed by atoms with Crippen LogP contribution < -0.4 is 10.6 Å². The SMILES string of the molecule is CC(=O)NCc1ccc(-c2csc(NC(=O)/C=C/c3csc(C)n3)n2)cc1. The number of rotatable bonds is 6. The van der Waals surface area contributed by atoms with Crippen molar-refractivity contribution < 1.29 is 9.59 Å². The molecule has 1 aromatic carbocycles. The number of hydrogen-bond acceptors (Lipinski definition) is 6. The van der Waals surface area contributed by atoms with Gasteiger partial charge in [0, 0.05) is 35.9 Å². The molecular weight excluding hydrogens is 380 g/mol. The second-order valence-corrected chi connectivity index (χ2v) is 7.68. The van der Waals surface area contributed by atoms with Gasteiger partial charge in [-0.3, -0.25) is 14.9 Å². The van der Waals surface area contributed by atoms with E-state index in [0.29, 0.717) is 11.7 Å². The Morgan fingerprint density at radius 3 is 2.56 bits per heavy atom. The number of aryl methyl sites for hydroxylation is 1. The average molecular weight is 399 g/mol. The van der Waals surface area contributed by atoms with Crippen LogP contribution in [0.25, 0.3) is 17.3 Å². The largest absolute Gasteiger partial charge is 0.352 e. The number of carbonyl (C=O) groups excluding carboxylic acids is 2. The van der Waals surface area contributed by atoms with Crippen molar-refractivity contribution >= 4 is 45.7 Å². The van der Waals surface area contributed by atoms with E-state index < -0.39 is 0 Å². The van der Waals surface area contributed by atoms with Crippen LogP contribution >= 0.6 is 22.7 Å². The zero-order valence-electron chi connectivity index (χ0n) is 14.9. The van der Waals surface area contributed by atoms with Crippen molar-refractivity contribution in [1.29, 1.82) is 0 Å². The number of carbonyl (C=O) groups is 2. The van der Waals surface area contributed by atoms with Crippen LogP contribution in [-0.4, -0.2) is 21.8 Å². The van der Waals surface area contributed by atoms with Crippen molar-refractivity contribution in [2.45, 2.75) is 20.4 Å². The number of nitrogens with zero attached hydrogens (tertiary/aromatic N) is 2. The number of hydrogen-bond donors (Lipinski definition) is 2. The van der Waals surface area contributed by atoms with E-state index >= 15 is 0 Å². The van der Waals surface area contributed by atoms with Crippen LogP contribution in [0.2, 0.25) is 0 Å². The summed E-state index contributed by atoms with van der Waals surface area (Å²) in [4.78, 5) is 31.7. The summed E-state index contributed by atoms with van der Waals surface area (Å²) < 4.78 is 0. The van der Waals surface area contributed by atoms with Crippen LogP contribution in [0.3, 0.4) is 0 Å². The first-order chi connectivity index (χ1) is 13.0. The Labute approximate surface area is 165 Å². The van der Waals surface area contributed by atoms with Gasteiger partial charge in [-0.15, -0.1) is 22.7 Å². The molecule has 0 aliphatic carbocycles. The molecular formula is C19H18N4O2S2. The second kappa shape index (κ2) is 8.70. The smallest absolute Gasteiger partial charge is 0.250 e. The fourth-order valence-corrected chi connectivity index (χ4v) is 3.55. The molecule has 3 aromatic rings. The van der Waals surface area contributed by atoms with Crippen LogP contribution in [0.15, 0.2) is 41.1 Å². The Morgan fingerprint density at radius 2 is 1.89 bits per heavy atom. The molecule has 0 fully saturated rings. The minimum Gasteiger partial charge on any atom is -0.352 e. The molecule has 3 rings (SSSR count). The van der Waals surface area contributed by atoms with E-state index in [4.69, 9.17) is 0 Å². The molecule has 138 valence electrons. The quantitative estimate of drug-likeness (QED) is 0.618. The van der Waals surface area contributed by atoms with Gasteiger partial charge < -0.3 is 5.32 Å². The van der Waals surface area contributed by atoms with Gasteiger partial charge in [-0.2, -0.15) is 0 Å². The zero-order chi connectivity index (χ0) is 19.2. The highest BCUT2D eigenvalue weighted by molar-refractivity contribution is 7.14. The summed E-state index contributed by atoms with van der Waals surface area (Å²) in [5.41, 5.74) is 3.53. The first kappa shape index (κ1) is 18.9. The molecule has 0 atom stereocenters. The molecule has 0 spiro atoms. The van der Waals surface area contributed by atoms with Gasteiger partial charge >= 0.3 is 0 Å². The van der Waals surface area contributed by atoms with Crippen LogP contribution in [0.5, 0.6) is 0 Å². The van der Waals surface area contributed by atoms with Crippen LogP contribution in [0.1, 0.15) is 23.2 Å². The first-order valence-corrected chi connectivity index (χ1v) is 9.96. The third-order valence-electron chi connectivity index (χ3n) is 3.57. The van der Waals surface area contributed by atoms with Crippen LogP contribution in [-0.2, 0) is 16.1 Å². The summed E-state index contributed by atoms with van der Waals surface area (Å²) in [5.74, 6) is -0.301. The third kappa shape index (κ3) is 5.57. The summed E-state index contributed by atoms with van der Waals surface area (Å²) in [6.07, 6.45) is 3.13. The van der Waals surface area contributed by atoms with Crippen LogP contribution in [0, 0.1) is 6.92 Å². The summed E-state index contributed by atoms with van der Waals surface area (Å²) in [6.45, 7) is 3.91. The van der Waals surface area contributed by atoms with Gasteiger partial charge in [0.25, 0.3) is 0 Å². The van der Waals surface area contributed by atoms with E-state index in [0.717, 1.165) is 27.5 Å². The lowest BCUT2D eigenvalue weighted by molar-refractivity contribution is -0.119. The summed E-state index contributed by atoms with van der Waals surface area (Å²) in [7, 11) is 0. The van der Waals surface area contributed by atoms with E-state index in [9.17, 15) is 9.59 Å². The maximum absolute atomic E-state index is 12.0. The lowest BCUT2D eigenvalue weighted by atomic mass is 10.1. The Hall–Kier alpha value is -2.84. The number of anilines is 1. The lowest BCUT2D eigenvalue weighted by Crippen LogP contribution is -2.18. The lowest BCUT2D eigenvalue weighted by Gasteiger charge is -2.03. The van der Waals surface area contributed by atoms with Gasteiger partial charge in [0.15, 0.2) is 5.13 Å². The third-order valence-corrected chi connectivity index (χ3v) is 5.12. The molecule has 2 amide bonds. The van der Waals surface area contributed by atoms with Gasteiger partial charge in [0.05, 0.1) is 16.4 Å². The monoisotopic (exact) mass is 398 g/mol. The standard InChI is InChI=1S/C19H18N4O2S2/c1-12(24)20-9-14-3-5-15(6-4-14)17-11-27-19(22-17)23-18(25)8-7-16-10-26-13(2)21-16/h3-8,10-11H,9H2,1-2H3,(H,20,24)(H,22,23,25)/b8-7+. The predicted molar refractivity (Wildman–Crippen MR) is 110 cm³/mol. The molecule has 0 aliphatic heterocycles. The molecule has 0 saturated carbocycles. The van der Waals surface area contributed by atoms with Crippen molar-refractivity contribution in [2.24, 2.45) is 0 Å². The van der Waals surface area contributed by atoms with E-state index in [1.165, 1.54) is 24.3 Å². The highest BCUT2D eigenvalue weighted by Crippen LogP contribution is 2.25. The van der Waals surface area contributed by atoms with E-state index in [1.54, 1.807) is 17.4 Å². The van der Waals surface area contributed by atoms with E-state index in [1.807, 2.05) is 41.9 Å². The van der Waals surface area contributed by atoms with Crippen molar-refractivity contribution in [3.8, 4) is 11.3 Å². The number of amides is 2. The number of nitrogens with one attached hydrogen (secondary N) is 2. The molecule has 2 N–H and O–H groups in total. The molecule has 0 radical (unpaired) electrons. The average Bonchev–Trinajstić information content (AvgIpc) is 3.27. The number of benzene rings is 1. The van der Waals surface area contributed by atoms with Gasteiger partial charge in [-0.05, 0) is 18.6 Å². The van der Waals surface area contributed by atoms with E-state index in [-0.39, 0.29) is 11.8 Å². The van der Waals surface area contributed by atoms with Gasteiger partial charge in [-0.25, -0.2) is 9.97 Å². The molecule has 2 aromatic heterocycles. The second-order valence-electron chi connectivity index (χ2n) is 5.76. The van der Waals surface area contributed by atoms with Crippen LogP contribution in [0.4, 0.5) is 5.13 Å². The van der Waals surface area contributed by atoms with Gasteiger partial charge in [0.1, 0.15) is 0 Å². The maximum atomic E-state index is 12.0. The molecule has 27 heavy (non-hydrogen) atoms. The molecule has 8 heteroatoms. The fraction of sp³-hybridized carbons (Fsp3) is 0.158. The molecule has 2 heterocycles. The molecule has 0 aliphatic rings. The summed E-state index contributed by atoms with van der Waals surface area (Å²) in [5, 5.41) is 10.8. The van der Waals surface area contributed by atoms with Gasteiger partial charge in [0.2, 0.25) is 11.8 Å². The normalized spacial score (nSPS) is 10.9. The number of aromatic nitrogens is 2. The Balaban J connectivity index is 1.60. The predicted octanol–water partition coefficient (Wildman–Crippen LogP) is 3.86. The number of thiazole rings is 2. The Morgan fingerprint density at radius 1 is 1.11 bits per heavy atom. The maximum Gasteiger partial charge on any atom is 0.250 e.